The smallest absolute Gasteiger partial charge is 0.307 e. The highest BCUT2D eigenvalue weighted by Crippen LogP contribution is 2.15. The molecule has 1 heterocycles. The summed E-state index contributed by atoms with van der Waals surface area (Å²) in [6, 6.07) is 7.49. The van der Waals surface area contributed by atoms with Gasteiger partial charge in [-0.15, -0.1) is 0 Å². The molecule has 1 aromatic rings. The molecule has 4 heteroatoms. The maximum Gasteiger partial charge on any atom is 0.307 e. The molecule has 17 heavy (non-hydrogen) atoms. The molecule has 4 nitrogen and oxygen atoms in total. The van der Waals surface area contributed by atoms with Crippen LogP contribution in [0.1, 0.15) is 17.5 Å². The Balaban J connectivity index is 1.96. The number of carboxylic acid groups (broad SMARTS) is 1. The third-order valence-corrected chi connectivity index (χ3v) is 2.82. The molecule has 2 rings (SSSR count). The van der Waals surface area contributed by atoms with Gasteiger partial charge in [0.25, 0.3) is 0 Å². The molecule has 0 saturated carbocycles. The molecule has 0 radical (unpaired) electrons. The second-order valence-electron chi connectivity index (χ2n) is 4.14. The quantitative estimate of drug-likeness (QED) is 0.844. The molecule has 1 atom stereocenters. The Morgan fingerprint density at radius 3 is 2.82 bits per heavy atom. The van der Waals surface area contributed by atoms with Crippen LogP contribution >= 0.6 is 0 Å². The second kappa shape index (κ2) is 5.80. The predicted molar refractivity (Wildman–Crippen MR) is 61.8 cm³/mol. The summed E-state index contributed by atoms with van der Waals surface area (Å²) in [6.07, 6.45) is 1.11. The van der Waals surface area contributed by atoms with Gasteiger partial charge in [-0.2, -0.15) is 0 Å². The standard InChI is InChI=1S/C13H16O4/c14-13(15)7-10-3-1-2-4-11(10)8-17-12-5-6-16-9-12/h1-4,12H,5-9H2,(H,14,15). The number of rotatable bonds is 5. The molecule has 0 bridgehead atoms. The Bertz CT molecular complexity index is 383. The Kier molecular flexibility index (Phi) is 4.12. The molecule has 1 unspecified atom stereocenters. The minimum Gasteiger partial charge on any atom is -0.481 e. The monoisotopic (exact) mass is 236 g/mol. The van der Waals surface area contributed by atoms with Gasteiger partial charge in [-0.05, 0) is 17.5 Å². The van der Waals surface area contributed by atoms with E-state index in [-0.39, 0.29) is 12.5 Å². The van der Waals surface area contributed by atoms with E-state index in [9.17, 15) is 4.79 Å². The molecule has 92 valence electrons. The highest BCUT2D eigenvalue weighted by molar-refractivity contribution is 5.70. The van der Waals surface area contributed by atoms with Crippen molar-refractivity contribution in [2.24, 2.45) is 0 Å². The van der Waals surface area contributed by atoms with Gasteiger partial charge in [-0.1, -0.05) is 24.3 Å². The van der Waals surface area contributed by atoms with E-state index in [0.717, 1.165) is 24.2 Å². The molecule has 1 aromatic carbocycles. The van der Waals surface area contributed by atoms with Gasteiger partial charge in [0, 0.05) is 6.61 Å². The molecule has 0 aromatic heterocycles. The van der Waals surface area contributed by atoms with Crippen LogP contribution in [0.4, 0.5) is 0 Å². The first kappa shape index (κ1) is 12.1. The topological polar surface area (TPSA) is 55.8 Å². The van der Waals surface area contributed by atoms with Crippen LogP contribution in [0, 0.1) is 0 Å². The number of hydrogen-bond donors (Lipinski definition) is 1. The number of carbonyl (C=O) groups is 1. The molecule has 0 spiro atoms. The zero-order chi connectivity index (χ0) is 12.1. The van der Waals surface area contributed by atoms with Crippen molar-refractivity contribution in [2.75, 3.05) is 13.2 Å². The number of aliphatic carboxylic acids is 1. The van der Waals surface area contributed by atoms with E-state index in [4.69, 9.17) is 14.6 Å². The van der Waals surface area contributed by atoms with Gasteiger partial charge in [-0.3, -0.25) is 4.79 Å². The molecular formula is C13H16O4. The lowest BCUT2D eigenvalue weighted by atomic mass is 10.1. The maximum atomic E-state index is 10.7. The van der Waals surface area contributed by atoms with Crippen molar-refractivity contribution < 1.29 is 19.4 Å². The average molecular weight is 236 g/mol. The van der Waals surface area contributed by atoms with Crippen molar-refractivity contribution in [3.05, 3.63) is 35.4 Å². The van der Waals surface area contributed by atoms with Crippen molar-refractivity contribution in [1.29, 1.82) is 0 Å². The summed E-state index contributed by atoms with van der Waals surface area (Å²) in [7, 11) is 0. The zero-order valence-corrected chi connectivity index (χ0v) is 9.59. The van der Waals surface area contributed by atoms with Crippen LogP contribution in [0.15, 0.2) is 24.3 Å². The van der Waals surface area contributed by atoms with E-state index in [1.54, 1.807) is 0 Å². The maximum absolute atomic E-state index is 10.7. The molecule has 1 aliphatic heterocycles. The van der Waals surface area contributed by atoms with E-state index < -0.39 is 5.97 Å². The van der Waals surface area contributed by atoms with Crippen LogP contribution in [-0.4, -0.2) is 30.4 Å². The van der Waals surface area contributed by atoms with Crippen molar-refractivity contribution in [1.82, 2.24) is 0 Å². The largest absolute Gasteiger partial charge is 0.481 e. The molecule has 1 saturated heterocycles. The fraction of sp³-hybridized carbons (Fsp3) is 0.462. The predicted octanol–water partition coefficient (Wildman–Crippen LogP) is 1.62. The fourth-order valence-corrected chi connectivity index (χ4v) is 1.89. The lowest BCUT2D eigenvalue weighted by Crippen LogP contribution is -2.13. The number of hydrogen-bond acceptors (Lipinski definition) is 3. The molecule has 1 N–H and O–H groups in total. The summed E-state index contributed by atoms with van der Waals surface area (Å²) in [5, 5.41) is 8.81. The van der Waals surface area contributed by atoms with Gasteiger partial charge in [0.05, 0.1) is 25.7 Å². The van der Waals surface area contributed by atoms with Crippen molar-refractivity contribution >= 4 is 5.97 Å². The van der Waals surface area contributed by atoms with Gasteiger partial charge >= 0.3 is 5.97 Å². The van der Waals surface area contributed by atoms with E-state index in [2.05, 4.69) is 0 Å². The van der Waals surface area contributed by atoms with Gasteiger partial charge < -0.3 is 14.6 Å². The summed E-state index contributed by atoms with van der Waals surface area (Å²) >= 11 is 0. The minimum absolute atomic E-state index is 0.0424. The van der Waals surface area contributed by atoms with Crippen molar-refractivity contribution in [3.63, 3.8) is 0 Å². The highest BCUT2D eigenvalue weighted by Gasteiger charge is 2.16. The van der Waals surface area contributed by atoms with E-state index in [1.807, 2.05) is 24.3 Å². The Hall–Kier alpha value is -1.39. The summed E-state index contributed by atoms with van der Waals surface area (Å²) in [6.45, 7) is 1.85. The Morgan fingerprint density at radius 2 is 2.18 bits per heavy atom. The van der Waals surface area contributed by atoms with Gasteiger partial charge in [0.1, 0.15) is 0 Å². The molecule has 1 fully saturated rings. The average Bonchev–Trinajstić information content (AvgIpc) is 2.80. The minimum atomic E-state index is -0.818. The van der Waals surface area contributed by atoms with Gasteiger partial charge in [-0.25, -0.2) is 0 Å². The number of ether oxygens (including phenoxy) is 2. The fourth-order valence-electron chi connectivity index (χ4n) is 1.89. The van der Waals surface area contributed by atoms with Crippen LogP contribution in [0.5, 0.6) is 0 Å². The third-order valence-electron chi connectivity index (χ3n) is 2.82. The van der Waals surface area contributed by atoms with Gasteiger partial charge in [0.2, 0.25) is 0 Å². The van der Waals surface area contributed by atoms with Crippen LogP contribution in [-0.2, 0) is 27.3 Å². The highest BCUT2D eigenvalue weighted by atomic mass is 16.5. The number of carboxylic acids is 1. The molecule has 0 amide bonds. The van der Waals surface area contributed by atoms with Gasteiger partial charge in [0.15, 0.2) is 0 Å². The summed E-state index contributed by atoms with van der Waals surface area (Å²) in [5.41, 5.74) is 1.76. The van der Waals surface area contributed by atoms with E-state index in [0.29, 0.717) is 13.2 Å². The zero-order valence-electron chi connectivity index (χ0n) is 9.59. The number of benzene rings is 1. The first-order valence-electron chi connectivity index (χ1n) is 5.73. The van der Waals surface area contributed by atoms with Crippen LogP contribution in [0.3, 0.4) is 0 Å². The SMILES string of the molecule is O=C(O)Cc1ccccc1COC1CCOC1. The lowest BCUT2D eigenvalue weighted by molar-refractivity contribution is -0.136. The van der Waals surface area contributed by atoms with E-state index in [1.165, 1.54) is 0 Å². The van der Waals surface area contributed by atoms with E-state index >= 15 is 0 Å². The summed E-state index contributed by atoms with van der Waals surface area (Å²) in [4.78, 5) is 10.7. The van der Waals surface area contributed by atoms with Crippen molar-refractivity contribution in [2.45, 2.75) is 25.6 Å². The van der Waals surface area contributed by atoms with Crippen LogP contribution in [0.2, 0.25) is 0 Å². The second-order valence-corrected chi connectivity index (χ2v) is 4.14. The third kappa shape index (κ3) is 3.54. The first-order chi connectivity index (χ1) is 8.25. The van der Waals surface area contributed by atoms with Crippen LogP contribution < -0.4 is 0 Å². The Morgan fingerprint density at radius 1 is 1.41 bits per heavy atom. The Labute approximate surface area is 100 Å². The normalized spacial score (nSPS) is 19.4. The molecule has 1 aliphatic rings. The summed E-state index contributed by atoms with van der Waals surface area (Å²) in [5.74, 6) is -0.818. The summed E-state index contributed by atoms with van der Waals surface area (Å²) < 4.78 is 10.9. The molecule has 0 aliphatic carbocycles. The van der Waals surface area contributed by atoms with Crippen LogP contribution in [0.25, 0.3) is 0 Å². The van der Waals surface area contributed by atoms with Crippen molar-refractivity contribution in [3.8, 4) is 0 Å². The lowest BCUT2D eigenvalue weighted by Gasteiger charge is -2.12. The first-order valence-corrected chi connectivity index (χ1v) is 5.73. The molecular weight excluding hydrogens is 220 g/mol.